The van der Waals surface area contributed by atoms with E-state index in [9.17, 15) is 9.59 Å². The normalized spacial score (nSPS) is 12.1. The molecule has 0 aliphatic heterocycles. The van der Waals surface area contributed by atoms with E-state index in [-0.39, 0.29) is 24.0 Å². The number of aromatic nitrogens is 2. The maximum Gasteiger partial charge on any atom is 0.306 e. The average molecular weight is 368 g/mol. The van der Waals surface area contributed by atoms with E-state index in [0.717, 1.165) is 5.56 Å². The largest absolute Gasteiger partial charge is 0.469 e. The summed E-state index contributed by atoms with van der Waals surface area (Å²) in [6.07, 6.45) is 0.267. The molecule has 6 heteroatoms. The Balaban J connectivity index is 2.06. The number of esters is 1. The standard InChI is InChI=1S/C20H20N2O3S/c1-14(15-8-4-3-5-9-15)22-19(24)16-10-6-7-11-17(16)21-20(22)26-13-12-18(23)25-2/h3-11,14H,12-13H2,1-2H3/t14-/m0/s1. The zero-order chi connectivity index (χ0) is 18.5. The van der Waals surface area contributed by atoms with Crippen LogP contribution < -0.4 is 5.56 Å². The number of carbonyl (C=O) groups excluding carboxylic acids is 1. The topological polar surface area (TPSA) is 61.2 Å². The maximum absolute atomic E-state index is 13.1. The Morgan fingerprint density at radius 2 is 1.85 bits per heavy atom. The molecule has 134 valence electrons. The van der Waals surface area contributed by atoms with E-state index < -0.39 is 0 Å². The molecule has 1 heterocycles. The van der Waals surface area contributed by atoms with Gasteiger partial charge in [-0.05, 0) is 24.6 Å². The van der Waals surface area contributed by atoms with Gasteiger partial charge in [-0.25, -0.2) is 4.98 Å². The van der Waals surface area contributed by atoms with Crippen LogP contribution in [0, 0.1) is 0 Å². The fourth-order valence-electron chi connectivity index (χ4n) is 2.78. The van der Waals surface area contributed by atoms with Gasteiger partial charge in [-0.3, -0.25) is 14.2 Å². The third-order valence-corrected chi connectivity index (χ3v) is 5.16. The number of para-hydroxylation sites is 1. The predicted molar refractivity (Wildman–Crippen MR) is 104 cm³/mol. The van der Waals surface area contributed by atoms with Crippen LogP contribution in [0.15, 0.2) is 64.5 Å². The molecule has 5 nitrogen and oxygen atoms in total. The molecular formula is C20H20N2O3S. The summed E-state index contributed by atoms with van der Waals surface area (Å²) in [4.78, 5) is 29.2. The van der Waals surface area contributed by atoms with Crippen molar-refractivity contribution in [3.63, 3.8) is 0 Å². The van der Waals surface area contributed by atoms with Gasteiger partial charge in [0.05, 0.1) is 30.5 Å². The molecule has 0 aliphatic carbocycles. The molecule has 0 amide bonds. The second-order valence-electron chi connectivity index (χ2n) is 5.85. The van der Waals surface area contributed by atoms with E-state index in [1.54, 1.807) is 10.6 Å². The second kappa shape index (κ2) is 8.19. The summed E-state index contributed by atoms with van der Waals surface area (Å²) in [6.45, 7) is 1.98. The maximum atomic E-state index is 13.1. The van der Waals surface area contributed by atoms with E-state index >= 15 is 0 Å². The average Bonchev–Trinajstić information content (AvgIpc) is 2.68. The predicted octanol–water partition coefficient (Wildman–Crippen LogP) is 3.66. The van der Waals surface area contributed by atoms with E-state index in [1.165, 1.54) is 18.9 Å². The first kappa shape index (κ1) is 18.2. The summed E-state index contributed by atoms with van der Waals surface area (Å²) in [7, 11) is 1.37. The van der Waals surface area contributed by atoms with Crippen LogP contribution in [0.3, 0.4) is 0 Å². The molecule has 3 rings (SSSR count). The molecule has 0 aliphatic rings. The Morgan fingerprint density at radius 1 is 1.15 bits per heavy atom. The van der Waals surface area contributed by atoms with Gasteiger partial charge in [0.25, 0.3) is 5.56 Å². The van der Waals surface area contributed by atoms with Crippen LogP contribution in [0.5, 0.6) is 0 Å². The van der Waals surface area contributed by atoms with Gasteiger partial charge in [0.2, 0.25) is 0 Å². The molecule has 0 spiro atoms. The van der Waals surface area contributed by atoms with Crippen LogP contribution >= 0.6 is 11.8 Å². The van der Waals surface area contributed by atoms with Gasteiger partial charge in [-0.2, -0.15) is 0 Å². The molecule has 0 saturated carbocycles. The number of methoxy groups -OCH3 is 1. The summed E-state index contributed by atoms with van der Waals surface area (Å²) in [5, 5.41) is 1.20. The monoisotopic (exact) mass is 368 g/mol. The van der Waals surface area contributed by atoms with Crippen molar-refractivity contribution < 1.29 is 9.53 Å². The highest BCUT2D eigenvalue weighted by molar-refractivity contribution is 7.99. The lowest BCUT2D eigenvalue weighted by Crippen LogP contribution is -2.27. The molecule has 0 unspecified atom stereocenters. The number of hydrogen-bond donors (Lipinski definition) is 0. The molecule has 0 bridgehead atoms. The second-order valence-corrected chi connectivity index (χ2v) is 6.91. The molecule has 0 N–H and O–H groups in total. The highest BCUT2D eigenvalue weighted by Crippen LogP contribution is 2.25. The summed E-state index contributed by atoms with van der Waals surface area (Å²) < 4.78 is 6.40. The fraction of sp³-hybridized carbons (Fsp3) is 0.250. The zero-order valence-electron chi connectivity index (χ0n) is 14.7. The van der Waals surface area contributed by atoms with Crippen LogP contribution in [0.4, 0.5) is 0 Å². The lowest BCUT2D eigenvalue weighted by atomic mass is 10.1. The van der Waals surface area contributed by atoms with Gasteiger partial charge in [-0.1, -0.05) is 54.2 Å². The third kappa shape index (κ3) is 3.80. The Bertz CT molecular complexity index is 970. The van der Waals surface area contributed by atoms with E-state index in [2.05, 4.69) is 9.72 Å². The van der Waals surface area contributed by atoms with Gasteiger partial charge in [0, 0.05) is 5.75 Å². The van der Waals surface area contributed by atoms with Crippen molar-refractivity contribution in [2.75, 3.05) is 12.9 Å². The molecule has 3 aromatic rings. The number of ether oxygens (including phenoxy) is 1. The summed E-state index contributed by atoms with van der Waals surface area (Å²) in [5.74, 6) is 0.224. The molecule has 1 atom stereocenters. The molecule has 0 saturated heterocycles. The number of benzene rings is 2. The summed E-state index contributed by atoms with van der Waals surface area (Å²) in [5.41, 5.74) is 1.61. The first-order chi connectivity index (χ1) is 12.6. The van der Waals surface area contributed by atoms with Crippen molar-refractivity contribution in [3.05, 3.63) is 70.5 Å². The van der Waals surface area contributed by atoms with Crippen LogP contribution in [0.2, 0.25) is 0 Å². The highest BCUT2D eigenvalue weighted by atomic mass is 32.2. The number of nitrogens with zero attached hydrogens (tertiary/aromatic N) is 2. The number of carbonyl (C=O) groups is 1. The van der Waals surface area contributed by atoms with Crippen molar-refractivity contribution in [1.82, 2.24) is 9.55 Å². The van der Waals surface area contributed by atoms with Crippen molar-refractivity contribution >= 4 is 28.6 Å². The van der Waals surface area contributed by atoms with Gasteiger partial charge < -0.3 is 4.74 Å². The van der Waals surface area contributed by atoms with Gasteiger partial charge >= 0.3 is 5.97 Å². The molecule has 2 aromatic carbocycles. The van der Waals surface area contributed by atoms with Crippen molar-refractivity contribution in [1.29, 1.82) is 0 Å². The Hall–Kier alpha value is -2.60. The van der Waals surface area contributed by atoms with E-state index in [0.29, 0.717) is 21.8 Å². The van der Waals surface area contributed by atoms with Crippen molar-refractivity contribution in [3.8, 4) is 0 Å². The number of rotatable bonds is 6. The number of fused-ring (bicyclic) bond motifs is 1. The minimum atomic E-state index is -0.275. The Kier molecular flexibility index (Phi) is 5.73. The quantitative estimate of drug-likeness (QED) is 0.377. The van der Waals surface area contributed by atoms with E-state index in [4.69, 9.17) is 0 Å². The van der Waals surface area contributed by atoms with Crippen LogP contribution in [0.1, 0.15) is 24.9 Å². The minimum Gasteiger partial charge on any atom is -0.469 e. The highest BCUT2D eigenvalue weighted by Gasteiger charge is 2.18. The van der Waals surface area contributed by atoms with Gasteiger partial charge in [-0.15, -0.1) is 0 Å². The molecule has 26 heavy (non-hydrogen) atoms. The zero-order valence-corrected chi connectivity index (χ0v) is 15.5. The lowest BCUT2D eigenvalue weighted by Gasteiger charge is -2.20. The molecule has 0 radical (unpaired) electrons. The number of thioether (sulfide) groups is 1. The lowest BCUT2D eigenvalue weighted by molar-refractivity contribution is -0.140. The first-order valence-electron chi connectivity index (χ1n) is 8.37. The smallest absolute Gasteiger partial charge is 0.306 e. The SMILES string of the molecule is COC(=O)CCSc1nc2ccccc2c(=O)n1[C@@H](C)c1ccccc1. The van der Waals surface area contributed by atoms with Crippen LogP contribution in [-0.2, 0) is 9.53 Å². The van der Waals surface area contributed by atoms with E-state index in [1.807, 2.05) is 55.5 Å². The van der Waals surface area contributed by atoms with Crippen LogP contribution in [-0.4, -0.2) is 28.4 Å². The fourth-order valence-corrected chi connectivity index (χ4v) is 3.77. The summed E-state index contributed by atoms with van der Waals surface area (Å²) in [6, 6.07) is 17.0. The number of hydrogen-bond acceptors (Lipinski definition) is 5. The summed E-state index contributed by atoms with van der Waals surface area (Å²) >= 11 is 1.39. The van der Waals surface area contributed by atoms with Gasteiger partial charge in [0.15, 0.2) is 5.16 Å². The van der Waals surface area contributed by atoms with Crippen LogP contribution in [0.25, 0.3) is 10.9 Å². The Morgan fingerprint density at radius 3 is 2.58 bits per heavy atom. The van der Waals surface area contributed by atoms with Crippen molar-refractivity contribution in [2.45, 2.75) is 24.5 Å². The van der Waals surface area contributed by atoms with Gasteiger partial charge in [0.1, 0.15) is 0 Å². The third-order valence-electron chi connectivity index (χ3n) is 4.21. The molecule has 1 aromatic heterocycles. The molecule has 0 fully saturated rings. The minimum absolute atomic E-state index is 0.0764. The van der Waals surface area contributed by atoms with Crippen molar-refractivity contribution in [2.24, 2.45) is 0 Å². The molecular weight excluding hydrogens is 348 g/mol. The Labute approximate surface area is 156 Å². The first-order valence-corrected chi connectivity index (χ1v) is 9.36.